The molecule has 0 aliphatic carbocycles. The van der Waals surface area contributed by atoms with Gasteiger partial charge in [-0.2, -0.15) is 11.3 Å². The Hall–Kier alpha value is -3.44. The van der Waals surface area contributed by atoms with E-state index in [2.05, 4.69) is 20.6 Å². The molecule has 0 radical (unpaired) electrons. The molecule has 36 heavy (non-hydrogen) atoms. The third-order valence-electron chi connectivity index (χ3n) is 5.34. The zero-order chi connectivity index (χ0) is 24.9. The first-order chi connectivity index (χ1) is 16.9. The van der Waals surface area contributed by atoms with Crippen molar-refractivity contribution in [1.29, 1.82) is 0 Å². The number of pyridine rings is 2. The number of thiophene rings is 1. The van der Waals surface area contributed by atoms with Gasteiger partial charge in [0.2, 0.25) is 5.88 Å². The number of carbonyl (C=O) groups excluding carboxylic acids is 2. The third kappa shape index (κ3) is 6.03. The van der Waals surface area contributed by atoms with Gasteiger partial charge in [0, 0.05) is 23.2 Å². The third-order valence-corrected chi connectivity index (χ3v) is 6.37. The first-order valence-electron chi connectivity index (χ1n) is 10.6. The molecule has 12 heteroatoms. The SMILES string of the molecule is COc1cc2[nH]c(=O)c(C(=O)Nc3cc(C(=O)NC(CCN)c4ccsc4)ccc3Cl)cc2cn1.Cl. The largest absolute Gasteiger partial charge is 0.481 e. The standard InChI is InChI=1S/C24H22ClN5O4S.ClH/c1-34-21-10-19-15(11-27-21)8-16(23(32)29-19)24(33)30-20-9-13(2-3-17(20)25)22(31)28-18(4-6-26)14-5-7-35-12-14;/h2-3,5,7-12,18H,4,6,26H2,1H3,(H,28,31)(H,29,32)(H,30,33);1H. The Morgan fingerprint density at radius 3 is 2.72 bits per heavy atom. The molecule has 0 fully saturated rings. The lowest BCUT2D eigenvalue weighted by Gasteiger charge is -2.18. The van der Waals surface area contributed by atoms with Gasteiger partial charge < -0.3 is 26.1 Å². The molecule has 9 nitrogen and oxygen atoms in total. The van der Waals surface area contributed by atoms with Crippen LogP contribution in [0.4, 0.5) is 5.69 Å². The molecule has 1 aromatic carbocycles. The second-order valence-electron chi connectivity index (χ2n) is 7.63. The summed E-state index contributed by atoms with van der Waals surface area (Å²) in [4.78, 5) is 45.1. The van der Waals surface area contributed by atoms with Crippen LogP contribution in [-0.4, -0.2) is 35.4 Å². The highest BCUT2D eigenvalue weighted by molar-refractivity contribution is 7.08. The van der Waals surface area contributed by atoms with Crippen molar-refractivity contribution in [2.75, 3.05) is 19.0 Å². The molecule has 2 amide bonds. The average Bonchev–Trinajstić information content (AvgIpc) is 3.39. The summed E-state index contributed by atoms with van der Waals surface area (Å²) in [6.07, 6.45) is 2.06. The van der Waals surface area contributed by atoms with Gasteiger partial charge >= 0.3 is 0 Å². The minimum Gasteiger partial charge on any atom is -0.481 e. The van der Waals surface area contributed by atoms with Crippen LogP contribution in [0.5, 0.6) is 5.88 Å². The maximum atomic E-state index is 12.9. The molecule has 0 aliphatic heterocycles. The number of H-pyrrole nitrogens is 1. The van der Waals surface area contributed by atoms with E-state index in [1.54, 1.807) is 12.1 Å². The van der Waals surface area contributed by atoms with E-state index in [1.165, 1.54) is 42.8 Å². The molecule has 0 saturated heterocycles. The van der Waals surface area contributed by atoms with E-state index < -0.39 is 11.5 Å². The van der Waals surface area contributed by atoms with Crippen molar-refractivity contribution in [1.82, 2.24) is 15.3 Å². The van der Waals surface area contributed by atoms with Gasteiger partial charge in [-0.3, -0.25) is 14.4 Å². The molecule has 0 bridgehead atoms. The maximum absolute atomic E-state index is 12.9. The zero-order valence-electron chi connectivity index (χ0n) is 19.0. The molecule has 188 valence electrons. The number of benzene rings is 1. The van der Waals surface area contributed by atoms with Gasteiger partial charge in [0.1, 0.15) is 5.56 Å². The fourth-order valence-corrected chi connectivity index (χ4v) is 4.40. The van der Waals surface area contributed by atoms with Crippen LogP contribution in [0.2, 0.25) is 5.02 Å². The van der Waals surface area contributed by atoms with Crippen molar-refractivity contribution in [2.24, 2.45) is 5.73 Å². The van der Waals surface area contributed by atoms with E-state index in [9.17, 15) is 14.4 Å². The number of hydrogen-bond acceptors (Lipinski definition) is 7. The monoisotopic (exact) mass is 547 g/mol. The number of rotatable bonds is 8. The Balaban J connectivity index is 0.00000361. The summed E-state index contributed by atoms with van der Waals surface area (Å²) in [6, 6.07) is 9.22. The van der Waals surface area contributed by atoms with E-state index in [0.29, 0.717) is 35.3 Å². The number of halogens is 2. The molecule has 3 aromatic heterocycles. The number of aromatic nitrogens is 2. The molecule has 1 unspecified atom stereocenters. The molecular formula is C24H23Cl2N5O4S. The molecule has 0 aliphatic rings. The molecule has 4 aromatic rings. The van der Waals surface area contributed by atoms with Crippen molar-refractivity contribution in [3.05, 3.63) is 85.4 Å². The molecule has 0 spiro atoms. The van der Waals surface area contributed by atoms with Crippen LogP contribution in [0, 0.1) is 0 Å². The summed E-state index contributed by atoms with van der Waals surface area (Å²) in [5, 5.41) is 10.2. The number of nitrogens with two attached hydrogens (primary N) is 1. The molecular weight excluding hydrogens is 525 g/mol. The van der Waals surface area contributed by atoms with Crippen molar-refractivity contribution < 1.29 is 14.3 Å². The number of methoxy groups -OCH3 is 1. The van der Waals surface area contributed by atoms with Crippen LogP contribution in [0.1, 0.15) is 38.7 Å². The Bertz CT molecular complexity index is 1440. The quantitative estimate of drug-likeness (QED) is 0.261. The van der Waals surface area contributed by atoms with E-state index in [0.717, 1.165) is 5.56 Å². The molecule has 0 saturated carbocycles. The number of ether oxygens (including phenoxy) is 1. The highest BCUT2D eigenvalue weighted by atomic mass is 35.5. The highest BCUT2D eigenvalue weighted by Crippen LogP contribution is 2.25. The topological polar surface area (TPSA) is 139 Å². The number of fused-ring (bicyclic) bond motifs is 1. The Morgan fingerprint density at radius 2 is 2.03 bits per heavy atom. The Kier molecular flexibility index (Phi) is 9.05. The highest BCUT2D eigenvalue weighted by Gasteiger charge is 2.19. The van der Waals surface area contributed by atoms with Gasteiger partial charge in [0.15, 0.2) is 0 Å². The first kappa shape index (κ1) is 27.2. The molecule has 1 atom stereocenters. The van der Waals surface area contributed by atoms with Crippen LogP contribution in [0.15, 0.2) is 58.1 Å². The number of amides is 2. The minimum atomic E-state index is -0.678. The summed E-state index contributed by atoms with van der Waals surface area (Å²) in [5.74, 6) is -0.687. The summed E-state index contributed by atoms with van der Waals surface area (Å²) >= 11 is 7.80. The lowest BCUT2D eigenvalue weighted by molar-refractivity contribution is 0.0934. The van der Waals surface area contributed by atoms with Crippen LogP contribution < -0.4 is 26.7 Å². The molecule has 5 N–H and O–H groups in total. The smallest absolute Gasteiger partial charge is 0.261 e. The van der Waals surface area contributed by atoms with Crippen molar-refractivity contribution in [3.8, 4) is 5.88 Å². The first-order valence-corrected chi connectivity index (χ1v) is 11.9. The number of aromatic amines is 1. The zero-order valence-corrected chi connectivity index (χ0v) is 21.4. The Labute approximate surface area is 221 Å². The predicted molar refractivity (Wildman–Crippen MR) is 144 cm³/mol. The Morgan fingerprint density at radius 1 is 1.22 bits per heavy atom. The second-order valence-corrected chi connectivity index (χ2v) is 8.82. The fourth-order valence-electron chi connectivity index (χ4n) is 3.52. The lowest BCUT2D eigenvalue weighted by Crippen LogP contribution is -2.30. The summed E-state index contributed by atoms with van der Waals surface area (Å²) in [7, 11) is 1.47. The summed E-state index contributed by atoms with van der Waals surface area (Å²) in [6.45, 7) is 0.408. The van der Waals surface area contributed by atoms with Crippen LogP contribution in [-0.2, 0) is 0 Å². The predicted octanol–water partition coefficient (Wildman–Crippen LogP) is 4.14. The van der Waals surface area contributed by atoms with Crippen molar-refractivity contribution >= 4 is 63.7 Å². The summed E-state index contributed by atoms with van der Waals surface area (Å²) < 4.78 is 5.06. The number of nitrogens with one attached hydrogen (secondary N) is 3. The van der Waals surface area contributed by atoms with E-state index in [-0.39, 0.29) is 40.6 Å². The summed E-state index contributed by atoms with van der Waals surface area (Å²) in [5.41, 5.74) is 6.94. The number of anilines is 1. The normalized spacial score (nSPS) is 11.4. The van der Waals surface area contributed by atoms with Crippen LogP contribution >= 0.6 is 35.3 Å². The lowest BCUT2D eigenvalue weighted by atomic mass is 10.1. The number of carbonyl (C=O) groups is 2. The van der Waals surface area contributed by atoms with E-state index >= 15 is 0 Å². The average molecular weight is 548 g/mol. The second kappa shape index (κ2) is 12.0. The van der Waals surface area contributed by atoms with Crippen molar-refractivity contribution in [2.45, 2.75) is 12.5 Å². The van der Waals surface area contributed by atoms with Crippen LogP contribution in [0.25, 0.3) is 10.9 Å². The minimum absolute atomic E-state index is 0. The van der Waals surface area contributed by atoms with Crippen LogP contribution in [0.3, 0.4) is 0 Å². The van der Waals surface area contributed by atoms with Gasteiger partial charge in [-0.05, 0) is 59.6 Å². The van der Waals surface area contributed by atoms with Gasteiger partial charge in [-0.25, -0.2) is 4.98 Å². The van der Waals surface area contributed by atoms with E-state index in [1.807, 2.05) is 16.8 Å². The number of hydrogen-bond donors (Lipinski definition) is 4. The van der Waals surface area contributed by atoms with Crippen molar-refractivity contribution in [3.63, 3.8) is 0 Å². The van der Waals surface area contributed by atoms with E-state index in [4.69, 9.17) is 22.1 Å². The van der Waals surface area contributed by atoms with Gasteiger partial charge in [-0.1, -0.05) is 11.6 Å². The van der Waals surface area contributed by atoms with Gasteiger partial charge in [0.05, 0.1) is 29.4 Å². The maximum Gasteiger partial charge on any atom is 0.261 e. The number of nitrogens with zero attached hydrogens (tertiary/aromatic N) is 1. The molecule has 3 heterocycles. The van der Waals surface area contributed by atoms with Gasteiger partial charge in [0.25, 0.3) is 17.4 Å². The fraction of sp³-hybridized carbons (Fsp3) is 0.167. The van der Waals surface area contributed by atoms with Gasteiger partial charge in [-0.15, -0.1) is 12.4 Å². The molecule has 4 rings (SSSR count).